The summed E-state index contributed by atoms with van der Waals surface area (Å²) in [6, 6.07) is 5.70. The molecule has 1 N–H and O–H groups in total. The van der Waals surface area contributed by atoms with Crippen LogP contribution in [0.15, 0.2) is 28.9 Å². The van der Waals surface area contributed by atoms with Crippen LogP contribution in [0.25, 0.3) is 0 Å². The van der Waals surface area contributed by atoms with Gasteiger partial charge in [0.25, 0.3) is 5.91 Å². The number of amides is 1. The van der Waals surface area contributed by atoms with E-state index < -0.39 is 0 Å². The Balaban J connectivity index is 1.68. The maximum atomic E-state index is 12.3. The maximum Gasteiger partial charge on any atom is 0.252 e. The van der Waals surface area contributed by atoms with E-state index in [0.717, 1.165) is 32.5 Å². The first-order valence-corrected chi connectivity index (χ1v) is 8.79. The van der Waals surface area contributed by atoms with Gasteiger partial charge in [0.05, 0.1) is 17.8 Å². The molecule has 1 aliphatic rings. The van der Waals surface area contributed by atoms with Gasteiger partial charge < -0.3 is 9.88 Å². The number of carbonyl (C=O) groups is 1. The number of hydrogen-bond donors (Lipinski definition) is 1. The van der Waals surface area contributed by atoms with Crippen molar-refractivity contribution in [2.75, 3.05) is 0 Å². The fourth-order valence-corrected chi connectivity index (χ4v) is 3.44. The van der Waals surface area contributed by atoms with Gasteiger partial charge in [-0.1, -0.05) is 15.9 Å². The Kier molecular flexibility index (Phi) is 4.63. The number of aryl methyl sites for hydroxylation is 2. The fourth-order valence-electron chi connectivity index (χ4n) is 2.49. The molecule has 3 rings (SSSR count). The first kappa shape index (κ1) is 15.0. The molecule has 1 aliphatic heterocycles. The van der Waals surface area contributed by atoms with Crippen LogP contribution in [-0.4, -0.2) is 15.5 Å². The number of rotatable bonds is 3. The largest absolute Gasteiger partial charge is 0.346 e. The van der Waals surface area contributed by atoms with Gasteiger partial charge in [-0.25, -0.2) is 4.98 Å². The zero-order valence-electron chi connectivity index (χ0n) is 11.4. The minimum atomic E-state index is -0.0633. The molecule has 1 aromatic heterocycles. The zero-order chi connectivity index (χ0) is 14.8. The van der Waals surface area contributed by atoms with Gasteiger partial charge in [-0.2, -0.15) is 0 Å². The van der Waals surface area contributed by atoms with E-state index in [1.807, 2.05) is 18.2 Å². The molecule has 1 aromatic carbocycles. The van der Waals surface area contributed by atoms with Gasteiger partial charge in [0.2, 0.25) is 0 Å². The molecule has 6 heteroatoms. The van der Waals surface area contributed by atoms with E-state index >= 15 is 0 Å². The molecule has 1 amide bonds. The first-order chi connectivity index (χ1) is 10.1. The summed E-state index contributed by atoms with van der Waals surface area (Å²) in [5.74, 6) is 1.08. The molecule has 0 bridgehead atoms. The van der Waals surface area contributed by atoms with Crippen LogP contribution in [0, 0.1) is 3.57 Å². The van der Waals surface area contributed by atoms with Gasteiger partial charge in [-0.3, -0.25) is 4.79 Å². The summed E-state index contributed by atoms with van der Waals surface area (Å²) in [5.41, 5.74) is 1.62. The monoisotopic (exact) mass is 459 g/mol. The van der Waals surface area contributed by atoms with Crippen molar-refractivity contribution in [2.24, 2.45) is 0 Å². The van der Waals surface area contributed by atoms with Gasteiger partial charge in [0.15, 0.2) is 0 Å². The van der Waals surface area contributed by atoms with Crippen LogP contribution in [0.4, 0.5) is 0 Å². The minimum absolute atomic E-state index is 0.0633. The highest BCUT2D eigenvalue weighted by molar-refractivity contribution is 14.1. The maximum absolute atomic E-state index is 12.3. The Hall–Kier alpha value is -0.890. The molecular formula is C15H15BrIN3O. The molecule has 110 valence electrons. The van der Waals surface area contributed by atoms with Crippen LogP contribution < -0.4 is 5.32 Å². The summed E-state index contributed by atoms with van der Waals surface area (Å²) in [6.45, 7) is 1.52. The van der Waals surface area contributed by atoms with Crippen molar-refractivity contribution in [1.29, 1.82) is 0 Å². The molecule has 0 atom stereocenters. The normalized spacial score (nSPS) is 13.8. The number of benzene rings is 1. The summed E-state index contributed by atoms with van der Waals surface area (Å²) in [5, 5.41) is 2.95. The summed E-state index contributed by atoms with van der Waals surface area (Å²) < 4.78 is 4.05. The van der Waals surface area contributed by atoms with Crippen LogP contribution in [-0.2, 0) is 19.5 Å². The topological polar surface area (TPSA) is 46.9 Å². The Morgan fingerprint density at radius 2 is 2.29 bits per heavy atom. The van der Waals surface area contributed by atoms with Crippen molar-refractivity contribution in [3.8, 4) is 0 Å². The molecule has 0 spiro atoms. The predicted molar refractivity (Wildman–Crippen MR) is 93.2 cm³/mol. The Morgan fingerprint density at radius 1 is 1.43 bits per heavy atom. The summed E-state index contributed by atoms with van der Waals surface area (Å²) in [4.78, 5) is 16.9. The lowest BCUT2D eigenvalue weighted by Gasteiger charge is -2.11. The van der Waals surface area contributed by atoms with Crippen molar-refractivity contribution < 1.29 is 4.79 Å². The van der Waals surface area contributed by atoms with Gasteiger partial charge in [0, 0.05) is 27.2 Å². The third kappa shape index (κ3) is 3.48. The zero-order valence-corrected chi connectivity index (χ0v) is 15.1. The van der Waals surface area contributed by atoms with Crippen LogP contribution >= 0.6 is 38.5 Å². The molecule has 0 unspecified atom stereocenters. The van der Waals surface area contributed by atoms with Gasteiger partial charge >= 0.3 is 0 Å². The van der Waals surface area contributed by atoms with Crippen molar-refractivity contribution in [1.82, 2.24) is 14.9 Å². The lowest BCUT2D eigenvalue weighted by molar-refractivity contribution is 0.0949. The molecular weight excluding hydrogens is 445 g/mol. The highest BCUT2D eigenvalue weighted by Gasteiger charge is 2.14. The van der Waals surface area contributed by atoms with E-state index in [0.29, 0.717) is 12.1 Å². The van der Waals surface area contributed by atoms with E-state index in [9.17, 15) is 4.79 Å². The smallest absolute Gasteiger partial charge is 0.252 e. The van der Waals surface area contributed by atoms with Gasteiger partial charge in [-0.05, 0) is 53.6 Å². The van der Waals surface area contributed by atoms with Crippen LogP contribution in [0.3, 0.4) is 0 Å². The molecule has 0 saturated carbocycles. The van der Waals surface area contributed by atoms with Crippen molar-refractivity contribution in [2.45, 2.75) is 32.4 Å². The second-order valence-corrected chi connectivity index (χ2v) is 7.18. The molecule has 4 nitrogen and oxygen atoms in total. The Morgan fingerprint density at radius 3 is 3.10 bits per heavy atom. The molecule has 0 saturated heterocycles. The number of aromatic nitrogens is 2. The molecule has 21 heavy (non-hydrogen) atoms. The Labute approximate surface area is 145 Å². The van der Waals surface area contributed by atoms with Crippen molar-refractivity contribution >= 4 is 44.4 Å². The van der Waals surface area contributed by atoms with Crippen molar-refractivity contribution in [3.63, 3.8) is 0 Å². The fraction of sp³-hybridized carbons (Fsp3) is 0.333. The number of imidazole rings is 1. The number of carbonyl (C=O) groups excluding carboxylic acids is 1. The van der Waals surface area contributed by atoms with E-state index in [-0.39, 0.29) is 5.91 Å². The average molecular weight is 460 g/mol. The van der Waals surface area contributed by atoms with Crippen LogP contribution in [0.1, 0.15) is 34.7 Å². The second kappa shape index (κ2) is 6.48. The standard InChI is InChI=1S/C15H15BrIN3O/c16-10-4-5-13(17)12(7-10)15(21)18-8-11-9-20-6-2-1-3-14(20)19-11/h4-5,7,9H,1-3,6,8H2,(H,18,21). The van der Waals surface area contributed by atoms with Crippen molar-refractivity contribution in [3.05, 3.63) is 49.5 Å². The predicted octanol–water partition coefficient (Wildman–Crippen LogP) is 3.52. The molecule has 0 aliphatic carbocycles. The molecule has 0 radical (unpaired) electrons. The summed E-state index contributed by atoms with van der Waals surface area (Å²) >= 11 is 5.58. The number of halogens is 2. The lowest BCUT2D eigenvalue weighted by atomic mass is 10.2. The highest BCUT2D eigenvalue weighted by atomic mass is 127. The van der Waals surface area contributed by atoms with Crippen LogP contribution in [0.2, 0.25) is 0 Å². The third-order valence-electron chi connectivity index (χ3n) is 3.56. The second-order valence-electron chi connectivity index (χ2n) is 5.11. The molecule has 2 heterocycles. The van der Waals surface area contributed by atoms with E-state index in [1.165, 1.54) is 12.8 Å². The van der Waals surface area contributed by atoms with E-state index in [4.69, 9.17) is 0 Å². The molecule has 0 fully saturated rings. The third-order valence-corrected chi connectivity index (χ3v) is 5.00. The number of nitrogens with zero attached hydrogens (tertiary/aromatic N) is 2. The van der Waals surface area contributed by atoms with E-state index in [2.05, 4.69) is 59.6 Å². The molecule has 2 aromatic rings. The number of hydrogen-bond acceptors (Lipinski definition) is 2. The van der Waals surface area contributed by atoms with E-state index in [1.54, 1.807) is 0 Å². The summed E-state index contributed by atoms with van der Waals surface area (Å²) in [7, 11) is 0. The highest BCUT2D eigenvalue weighted by Crippen LogP contribution is 2.19. The number of fused-ring (bicyclic) bond motifs is 1. The van der Waals surface area contributed by atoms with Gasteiger partial charge in [0.1, 0.15) is 5.82 Å². The van der Waals surface area contributed by atoms with Gasteiger partial charge in [-0.15, -0.1) is 0 Å². The lowest BCUT2D eigenvalue weighted by Crippen LogP contribution is -2.23. The minimum Gasteiger partial charge on any atom is -0.346 e. The Bertz CT molecular complexity index is 660. The SMILES string of the molecule is O=C(NCc1cn2c(n1)CCCC2)c1cc(Br)ccc1I. The summed E-state index contributed by atoms with van der Waals surface area (Å²) in [6.07, 6.45) is 5.52. The number of nitrogens with one attached hydrogen (secondary N) is 1. The van der Waals surface area contributed by atoms with Crippen LogP contribution in [0.5, 0.6) is 0 Å². The average Bonchev–Trinajstić information content (AvgIpc) is 2.90. The quantitative estimate of drug-likeness (QED) is 0.714. The first-order valence-electron chi connectivity index (χ1n) is 6.91.